The topological polar surface area (TPSA) is 117 Å². The van der Waals surface area contributed by atoms with Gasteiger partial charge in [0, 0.05) is 26.3 Å². The molecule has 21 heavy (non-hydrogen) atoms. The zero-order chi connectivity index (χ0) is 16.0. The molecule has 0 spiro atoms. The van der Waals surface area contributed by atoms with E-state index < -0.39 is 10.6 Å². The lowest BCUT2D eigenvalue weighted by Gasteiger charge is -2.09. The van der Waals surface area contributed by atoms with Gasteiger partial charge in [0.2, 0.25) is 11.8 Å². The number of hydrogen-bond donors (Lipinski definition) is 3. The summed E-state index contributed by atoms with van der Waals surface area (Å²) in [5.41, 5.74) is 8.32. The van der Waals surface area contributed by atoms with E-state index in [0.717, 1.165) is 15.9 Å². The SMILES string of the molecule is CC(C)(C)/[N+](O)=C/c1cccc(CN=C(N)N[N+](=O)[O-])c1. The highest BCUT2D eigenvalue weighted by atomic mass is 16.7. The lowest BCUT2D eigenvalue weighted by molar-refractivity contribution is -0.816. The number of nitrogens with two attached hydrogens (primary N) is 1. The highest BCUT2D eigenvalue weighted by Gasteiger charge is 2.23. The summed E-state index contributed by atoms with van der Waals surface area (Å²) in [6.07, 6.45) is 1.60. The van der Waals surface area contributed by atoms with E-state index in [1.165, 1.54) is 0 Å². The van der Waals surface area contributed by atoms with Crippen LogP contribution < -0.4 is 11.2 Å². The third-order valence-corrected chi connectivity index (χ3v) is 2.55. The third kappa shape index (κ3) is 5.89. The van der Waals surface area contributed by atoms with Gasteiger partial charge in [-0.2, -0.15) is 0 Å². The second-order valence-electron chi connectivity index (χ2n) is 5.46. The van der Waals surface area contributed by atoms with E-state index >= 15 is 0 Å². The van der Waals surface area contributed by atoms with Crippen molar-refractivity contribution in [2.24, 2.45) is 10.7 Å². The predicted octanol–water partition coefficient (Wildman–Crippen LogP) is 0.902. The zero-order valence-electron chi connectivity index (χ0n) is 12.3. The van der Waals surface area contributed by atoms with Crippen LogP contribution in [-0.4, -0.2) is 32.7 Å². The van der Waals surface area contributed by atoms with Gasteiger partial charge in [-0.15, -0.1) is 0 Å². The normalized spacial score (nSPS) is 13.1. The molecule has 8 nitrogen and oxygen atoms in total. The maximum absolute atomic E-state index is 10.2. The highest BCUT2D eigenvalue weighted by Crippen LogP contribution is 2.08. The molecule has 1 aromatic carbocycles. The van der Waals surface area contributed by atoms with Crippen LogP contribution in [0, 0.1) is 10.1 Å². The second-order valence-corrected chi connectivity index (χ2v) is 5.46. The summed E-state index contributed by atoms with van der Waals surface area (Å²) in [6, 6.07) is 7.28. The van der Waals surface area contributed by atoms with Crippen molar-refractivity contribution in [1.29, 1.82) is 0 Å². The monoisotopic (exact) mass is 294 g/mol. The maximum Gasteiger partial charge on any atom is 0.251 e. The number of benzene rings is 1. The molecule has 4 N–H and O–H groups in total. The Morgan fingerprint density at radius 1 is 1.52 bits per heavy atom. The van der Waals surface area contributed by atoms with Crippen molar-refractivity contribution in [2.75, 3.05) is 0 Å². The summed E-state index contributed by atoms with van der Waals surface area (Å²) >= 11 is 0. The molecule has 0 aliphatic carbocycles. The number of guanidine groups is 1. The summed E-state index contributed by atoms with van der Waals surface area (Å²) in [5, 5.41) is 19.3. The lowest BCUT2D eigenvalue weighted by atomic mass is 10.1. The first-order valence-electron chi connectivity index (χ1n) is 6.31. The van der Waals surface area contributed by atoms with E-state index in [1.807, 2.05) is 45.0 Å². The van der Waals surface area contributed by atoms with Gasteiger partial charge < -0.3 is 5.73 Å². The Balaban J connectivity index is 2.85. The molecule has 0 atom stereocenters. The summed E-state index contributed by atoms with van der Waals surface area (Å²) in [7, 11) is 0. The van der Waals surface area contributed by atoms with E-state index in [2.05, 4.69) is 4.99 Å². The molecule has 8 heteroatoms. The highest BCUT2D eigenvalue weighted by molar-refractivity contribution is 5.77. The number of rotatable bonds is 4. The van der Waals surface area contributed by atoms with Gasteiger partial charge in [-0.25, -0.2) is 15.1 Å². The number of hydroxylamine groups is 1. The summed E-state index contributed by atoms with van der Waals surface area (Å²) < 4.78 is 1.12. The standard InChI is InChI=1S/C13H20N5O3/c1-13(2,3)17(19)9-11-6-4-5-10(7-11)8-15-12(14)16-18(20)21/h4-7,9,19H,8H2,1-3H3,(H3,14,15,16)/q+1/b17-9-. The molecule has 0 heterocycles. The van der Waals surface area contributed by atoms with Crippen LogP contribution in [0.3, 0.4) is 0 Å². The molecule has 0 aliphatic rings. The van der Waals surface area contributed by atoms with E-state index in [-0.39, 0.29) is 12.5 Å². The average Bonchev–Trinajstić information content (AvgIpc) is 2.35. The van der Waals surface area contributed by atoms with Crippen molar-refractivity contribution >= 4 is 12.2 Å². The van der Waals surface area contributed by atoms with Crippen LogP contribution in [0.1, 0.15) is 31.9 Å². The lowest BCUT2D eigenvalue weighted by Crippen LogP contribution is -2.36. The van der Waals surface area contributed by atoms with Gasteiger partial charge in [0.25, 0.3) is 5.96 Å². The zero-order valence-corrected chi connectivity index (χ0v) is 12.3. The minimum Gasteiger partial charge on any atom is -0.365 e. The minimum atomic E-state index is -0.768. The van der Waals surface area contributed by atoms with E-state index in [0.29, 0.717) is 0 Å². The predicted molar refractivity (Wildman–Crippen MR) is 78.9 cm³/mol. The molecular weight excluding hydrogens is 274 g/mol. The van der Waals surface area contributed by atoms with Gasteiger partial charge in [0.15, 0.2) is 5.03 Å². The fourth-order valence-electron chi connectivity index (χ4n) is 1.41. The first-order valence-corrected chi connectivity index (χ1v) is 6.31. The molecule has 0 bridgehead atoms. The molecule has 0 amide bonds. The Morgan fingerprint density at radius 3 is 2.76 bits per heavy atom. The molecule has 0 aliphatic heterocycles. The molecule has 114 valence electrons. The number of aliphatic imine (C=N–C) groups is 1. The van der Waals surface area contributed by atoms with Gasteiger partial charge in [-0.1, -0.05) is 17.6 Å². The molecule has 0 saturated heterocycles. The summed E-state index contributed by atoms with van der Waals surface area (Å²) in [4.78, 5) is 14.0. The molecule has 0 saturated carbocycles. The Morgan fingerprint density at radius 2 is 2.19 bits per heavy atom. The largest absolute Gasteiger partial charge is 0.365 e. The van der Waals surface area contributed by atoms with E-state index in [9.17, 15) is 15.3 Å². The number of hydrogen-bond acceptors (Lipinski definition) is 4. The molecule has 0 unspecified atom stereocenters. The van der Waals surface area contributed by atoms with Gasteiger partial charge >= 0.3 is 0 Å². The molecule has 0 aromatic heterocycles. The molecule has 0 radical (unpaired) electrons. The summed E-state index contributed by atoms with van der Waals surface area (Å²) in [6.45, 7) is 5.83. The smallest absolute Gasteiger partial charge is 0.251 e. The van der Waals surface area contributed by atoms with Crippen LogP contribution in [-0.2, 0) is 6.54 Å². The maximum atomic E-state index is 10.2. The van der Waals surface area contributed by atoms with Gasteiger partial charge in [-0.05, 0) is 22.4 Å². The molecule has 0 fully saturated rings. The number of nitro groups is 1. The van der Waals surface area contributed by atoms with E-state index in [1.54, 1.807) is 11.6 Å². The fourth-order valence-corrected chi connectivity index (χ4v) is 1.41. The van der Waals surface area contributed by atoms with Crippen molar-refractivity contribution in [2.45, 2.75) is 32.9 Å². The molecule has 1 aromatic rings. The van der Waals surface area contributed by atoms with Gasteiger partial charge in [0.1, 0.15) is 0 Å². The van der Waals surface area contributed by atoms with Crippen molar-refractivity contribution in [3.8, 4) is 0 Å². The molecular formula is C13H20N5O3+. The second kappa shape index (κ2) is 6.69. The fraction of sp³-hybridized carbons (Fsp3) is 0.385. The third-order valence-electron chi connectivity index (χ3n) is 2.55. The number of hydrazine groups is 1. The van der Waals surface area contributed by atoms with Crippen LogP contribution in [0.5, 0.6) is 0 Å². The van der Waals surface area contributed by atoms with Crippen LogP contribution >= 0.6 is 0 Å². The Kier molecular flexibility index (Phi) is 5.23. The first-order chi connectivity index (χ1) is 9.68. The van der Waals surface area contributed by atoms with Crippen molar-refractivity contribution < 1.29 is 15.0 Å². The van der Waals surface area contributed by atoms with Crippen LogP contribution in [0.4, 0.5) is 0 Å². The number of nitrogens with zero attached hydrogens (tertiary/aromatic N) is 3. The first kappa shape index (κ1) is 16.4. The van der Waals surface area contributed by atoms with Gasteiger partial charge in [0.05, 0.1) is 6.54 Å². The van der Waals surface area contributed by atoms with Gasteiger partial charge in [-0.3, -0.25) is 5.21 Å². The Hall–Kier alpha value is -2.64. The Bertz CT molecular complexity index is 575. The summed E-state index contributed by atoms with van der Waals surface area (Å²) in [5.74, 6) is -0.257. The van der Waals surface area contributed by atoms with Crippen molar-refractivity contribution in [1.82, 2.24) is 5.43 Å². The average molecular weight is 294 g/mol. The van der Waals surface area contributed by atoms with E-state index in [4.69, 9.17) is 5.73 Å². The Labute approximate surface area is 122 Å². The van der Waals surface area contributed by atoms with Crippen molar-refractivity contribution in [3.63, 3.8) is 0 Å². The quantitative estimate of drug-likeness (QED) is 0.190. The van der Waals surface area contributed by atoms with Crippen LogP contribution in [0.2, 0.25) is 0 Å². The molecule has 1 rings (SSSR count). The number of nitrogens with one attached hydrogen (secondary N) is 1. The van der Waals surface area contributed by atoms with Crippen LogP contribution in [0.25, 0.3) is 0 Å². The van der Waals surface area contributed by atoms with Crippen LogP contribution in [0.15, 0.2) is 29.3 Å². The minimum absolute atomic E-state index is 0.204. The van der Waals surface area contributed by atoms with Crippen molar-refractivity contribution in [3.05, 3.63) is 45.5 Å².